The summed E-state index contributed by atoms with van der Waals surface area (Å²) in [7, 11) is -3.64. The standard InChI is InChI=1S/C9H7Cl4F2NO2S2/c1-20(17,18)16-6-4-2-3-5(10)7(6)19-8(11,12)9(13,14)15/h2-4,16H,1H3. The van der Waals surface area contributed by atoms with Crippen molar-refractivity contribution in [1.82, 2.24) is 0 Å². The summed E-state index contributed by atoms with van der Waals surface area (Å²) in [5.74, 6) is 0. The second-order valence-electron chi connectivity index (χ2n) is 3.61. The molecule has 114 valence electrons. The molecule has 1 rings (SSSR count). The van der Waals surface area contributed by atoms with E-state index in [0.29, 0.717) is 0 Å². The summed E-state index contributed by atoms with van der Waals surface area (Å²) in [5.41, 5.74) is -0.0309. The molecule has 0 saturated carbocycles. The van der Waals surface area contributed by atoms with Gasteiger partial charge in [-0.05, 0) is 23.7 Å². The highest BCUT2D eigenvalue weighted by Crippen LogP contribution is 2.55. The lowest BCUT2D eigenvalue weighted by molar-refractivity contribution is 0.103. The zero-order chi connectivity index (χ0) is 15.8. The van der Waals surface area contributed by atoms with Gasteiger partial charge < -0.3 is 0 Å². The second-order valence-corrected chi connectivity index (χ2v) is 9.24. The molecule has 0 aliphatic rings. The van der Waals surface area contributed by atoms with Crippen molar-refractivity contribution in [3.8, 4) is 0 Å². The lowest BCUT2D eigenvalue weighted by Crippen LogP contribution is -2.29. The predicted molar refractivity (Wildman–Crippen MR) is 81.0 cm³/mol. The summed E-state index contributed by atoms with van der Waals surface area (Å²) in [4.78, 5) is -0.0649. The van der Waals surface area contributed by atoms with Crippen LogP contribution in [0, 0.1) is 0 Å². The normalized spacial score (nSPS) is 13.3. The van der Waals surface area contributed by atoms with Crippen molar-refractivity contribution in [3.63, 3.8) is 0 Å². The van der Waals surface area contributed by atoms with E-state index in [9.17, 15) is 17.2 Å². The molecule has 20 heavy (non-hydrogen) atoms. The minimum atomic E-state index is -3.96. The molecule has 0 spiro atoms. The van der Waals surface area contributed by atoms with Crippen molar-refractivity contribution in [2.75, 3.05) is 11.0 Å². The molecule has 0 aliphatic carbocycles. The maximum absolute atomic E-state index is 13.1. The van der Waals surface area contributed by atoms with Crippen molar-refractivity contribution in [2.45, 2.75) is 13.9 Å². The Hall–Kier alpha value is 0.340. The summed E-state index contributed by atoms with van der Waals surface area (Å²) in [6, 6.07) is 4.13. The first kappa shape index (κ1) is 18.4. The third kappa shape index (κ3) is 4.96. The number of anilines is 1. The number of halogens is 6. The van der Waals surface area contributed by atoms with E-state index in [1.165, 1.54) is 18.2 Å². The van der Waals surface area contributed by atoms with Crippen molar-refractivity contribution in [2.24, 2.45) is 0 Å². The summed E-state index contributed by atoms with van der Waals surface area (Å²) in [6.45, 7) is 0. The average Bonchev–Trinajstić information content (AvgIpc) is 2.19. The smallest absolute Gasteiger partial charge is 0.283 e. The maximum atomic E-state index is 13.1. The van der Waals surface area contributed by atoms with Gasteiger partial charge in [0.05, 0.1) is 21.9 Å². The first-order chi connectivity index (χ1) is 8.83. The number of benzene rings is 1. The van der Waals surface area contributed by atoms with Crippen LogP contribution in [0.1, 0.15) is 0 Å². The fraction of sp³-hybridized carbons (Fsp3) is 0.333. The topological polar surface area (TPSA) is 46.2 Å². The molecule has 0 amide bonds. The Balaban J connectivity index is 3.25. The van der Waals surface area contributed by atoms with E-state index >= 15 is 0 Å². The van der Waals surface area contributed by atoms with Crippen molar-refractivity contribution >= 4 is 73.9 Å². The van der Waals surface area contributed by atoms with E-state index in [2.05, 4.69) is 4.72 Å². The maximum Gasteiger partial charge on any atom is 0.363 e. The number of sulfonamides is 1. The Morgan fingerprint density at radius 1 is 1.25 bits per heavy atom. The van der Waals surface area contributed by atoms with Gasteiger partial charge in [-0.25, -0.2) is 8.42 Å². The Kier molecular flexibility index (Phi) is 5.72. The molecule has 1 aromatic carbocycles. The van der Waals surface area contributed by atoms with E-state index in [1.54, 1.807) is 0 Å². The monoisotopic (exact) mass is 403 g/mol. The van der Waals surface area contributed by atoms with E-state index in [0.717, 1.165) is 6.26 Å². The number of alkyl halides is 5. The Labute approximate surface area is 139 Å². The number of hydrogen-bond donors (Lipinski definition) is 1. The molecule has 11 heteroatoms. The highest BCUT2D eigenvalue weighted by Gasteiger charge is 2.52. The Morgan fingerprint density at radius 3 is 2.25 bits per heavy atom. The minimum absolute atomic E-state index is 0.00441. The van der Waals surface area contributed by atoms with Gasteiger partial charge in [0, 0.05) is 0 Å². The fourth-order valence-corrected chi connectivity index (χ4v) is 3.35. The van der Waals surface area contributed by atoms with Crippen LogP contribution in [0.25, 0.3) is 0 Å². The molecule has 3 nitrogen and oxygen atoms in total. The van der Waals surface area contributed by atoms with Crippen LogP contribution in [-0.2, 0) is 10.0 Å². The molecule has 0 aliphatic heterocycles. The van der Waals surface area contributed by atoms with Gasteiger partial charge in [0.2, 0.25) is 13.7 Å². The zero-order valence-corrected chi connectivity index (χ0v) is 14.3. The quantitative estimate of drug-likeness (QED) is 0.568. The predicted octanol–water partition coefficient (Wildman–Crippen LogP) is 4.77. The lowest BCUT2D eigenvalue weighted by Gasteiger charge is -2.25. The first-order valence-electron chi connectivity index (χ1n) is 4.73. The van der Waals surface area contributed by atoms with Crippen LogP contribution in [0.15, 0.2) is 23.1 Å². The number of hydrogen-bond acceptors (Lipinski definition) is 3. The molecule has 0 radical (unpaired) electrons. The second kappa shape index (κ2) is 6.22. The largest absolute Gasteiger partial charge is 0.363 e. The van der Waals surface area contributed by atoms with Gasteiger partial charge in [-0.15, -0.1) is 0 Å². The van der Waals surface area contributed by atoms with E-state index in [-0.39, 0.29) is 27.4 Å². The molecule has 0 fully saturated rings. The van der Waals surface area contributed by atoms with Gasteiger partial charge in [0.1, 0.15) is 0 Å². The SMILES string of the molecule is CS(=O)(=O)Nc1cccc(Cl)c1SC(Cl)(Cl)C(F)(F)Cl. The van der Waals surface area contributed by atoms with Gasteiger partial charge in [-0.2, -0.15) is 8.78 Å². The third-order valence-corrected chi connectivity index (χ3v) is 5.52. The van der Waals surface area contributed by atoms with Crippen LogP contribution in [0.4, 0.5) is 14.5 Å². The number of rotatable bonds is 5. The van der Waals surface area contributed by atoms with Crippen LogP contribution in [0.5, 0.6) is 0 Å². The molecule has 0 saturated heterocycles. The van der Waals surface area contributed by atoms with E-state index in [1.807, 2.05) is 0 Å². The van der Waals surface area contributed by atoms with Crippen LogP contribution < -0.4 is 4.72 Å². The molecular formula is C9H7Cl4F2NO2S2. The Bertz CT molecular complexity index is 604. The van der Waals surface area contributed by atoms with Crippen LogP contribution in [0.3, 0.4) is 0 Å². The number of nitrogens with one attached hydrogen (secondary N) is 1. The molecule has 1 aromatic rings. The first-order valence-corrected chi connectivity index (χ1v) is 8.95. The van der Waals surface area contributed by atoms with Gasteiger partial charge in [0.25, 0.3) is 0 Å². The summed E-state index contributed by atoms with van der Waals surface area (Å²) in [6.07, 6.45) is 0.896. The molecular weight excluding hydrogens is 398 g/mol. The third-order valence-electron chi connectivity index (χ3n) is 1.82. The van der Waals surface area contributed by atoms with Gasteiger partial charge in [-0.3, -0.25) is 4.72 Å². The molecule has 1 N–H and O–H groups in total. The number of thioether (sulfide) groups is 1. The minimum Gasteiger partial charge on any atom is -0.283 e. The highest BCUT2D eigenvalue weighted by atomic mass is 35.5. The van der Waals surface area contributed by atoms with Gasteiger partial charge in [0.15, 0.2) is 0 Å². The molecule has 0 atom stereocenters. The summed E-state index contributed by atoms with van der Waals surface area (Å²) < 4.78 is 48.0. The van der Waals surface area contributed by atoms with Crippen molar-refractivity contribution in [3.05, 3.63) is 23.2 Å². The Morgan fingerprint density at radius 2 is 1.80 bits per heavy atom. The molecule has 0 heterocycles. The summed E-state index contributed by atoms with van der Waals surface area (Å²) >= 11 is 21.8. The van der Waals surface area contributed by atoms with Gasteiger partial charge >= 0.3 is 5.38 Å². The zero-order valence-electron chi connectivity index (χ0n) is 9.63. The van der Waals surface area contributed by atoms with Crippen LogP contribution in [0.2, 0.25) is 5.02 Å². The average molecular weight is 405 g/mol. The molecule has 0 unspecified atom stereocenters. The van der Waals surface area contributed by atoms with Crippen molar-refractivity contribution < 1.29 is 17.2 Å². The summed E-state index contributed by atoms with van der Waals surface area (Å²) in [5, 5.41) is -3.96. The molecule has 0 aromatic heterocycles. The van der Waals surface area contributed by atoms with E-state index in [4.69, 9.17) is 46.4 Å². The van der Waals surface area contributed by atoms with Crippen LogP contribution in [-0.4, -0.2) is 23.7 Å². The van der Waals surface area contributed by atoms with Gasteiger partial charge in [-0.1, -0.05) is 52.6 Å². The fourth-order valence-electron chi connectivity index (χ4n) is 1.08. The molecule has 0 bridgehead atoms. The van der Waals surface area contributed by atoms with Crippen LogP contribution >= 0.6 is 58.2 Å². The lowest BCUT2D eigenvalue weighted by atomic mass is 10.3. The van der Waals surface area contributed by atoms with E-state index < -0.39 is 19.1 Å². The highest BCUT2D eigenvalue weighted by molar-refractivity contribution is 8.03. The van der Waals surface area contributed by atoms with Crippen molar-refractivity contribution in [1.29, 1.82) is 0 Å².